The zero-order valence-corrected chi connectivity index (χ0v) is 17.0. The summed E-state index contributed by atoms with van der Waals surface area (Å²) in [5, 5.41) is 10.7. The van der Waals surface area contributed by atoms with Crippen molar-refractivity contribution in [3.05, 3.63) is 46.7 Å². The van der Waals surface area contributed by atoms with Gasteiger partial charge in [0, 0.05) is 6.20 Å². The minimum Gasteiger partial charge on any atom is -0.466 e. The molecule has 3 aromatic rings. The smallest absolute Gasteiger partial charge is 0.329 e. The number of nitrogen functional groups attached to an aromatic ring is 1. The molecule has 0 aromatic carbocycles. The van der Waals surface area contributed by atoms with Crippen LogP contribution in [0.1, 0.15) is 39.0 Å². The Bertz CT molecular complexity index is 1080. The van der Waals surface area contributed by atoms with Crippen LogP contribution in [-0.4, -0.2) is 36.9 Å². The largest absolute Gasteiger partial charge is 0.466 e. The van der Waals surface area contributed by atoms with E-state index in [1.807, 2.05) is 6.92 Å². The molecule has 3 aromatic heterocycles. The van der Waals surface area contributed by atoms with Gasteiger partial charge >= 0.3 is 11.7 Å². The van der Waals surface area contributed by atoms with Crippen molar-refractivity contribution in [3.63, 3.8) is 0 Å². The lowest BCUT2D eigenvalue weighted by Gasteiger charge is -2.19. The first-order valence-electron chi connectivity index (χ1n) is 9.97. The molecule has 2 N–H and O–H groups in total. The first kappa shape index (κ1) is 22.1. The molecule has 1 fully saturated rings. The van der Waals surface area contributed by atoms with Crippen LogP contribution in [-0.2, 0) is 9.53 Å². The number of carbonyl (C=O) groups is 1. The number of anilines is 1. The van der Waals surface area contributed by atoms with Gasteiger partial charge in [-0.15, -0.1) is 0 Å². The first-order valence-corrected chi connectivity index (χ1v) is 9.97. The molecule has 0 spiro atoms. The summed E-state index contributed by atoms with van der Waals surface area (Å²) in [5.41, 5.74) is 6.02. The van der Waals surface area contributed by atoms with E-state index in [0.717, 1.165) is 19.0 Å². The molecule has 1 saturated carbocycles. The second kappa shape index (κ2) is 9.92. The van der Waals surface area contributed by atoms with Crippen molar-refractivity contribution in [3.8, 4) is 11.5 Å². The molecule has 3 heterocycles. The van der Waals surface area contributed by atoms with Gasteiger partial charge in [0.15, 0.2) is 5.82 Å². The summed E-state index contributed by atoms with van der Waals surface area (Å²) in [4.78, 5) is 32.9. The van der Waals surface area contributed by atoms with Crippen LogP contribution in [0.25, 0.3) is 17.2 Å². The average molecular weight is 430 g/mol. The van der Waals surface area contributed by atoms with Gasteiger partial charge in [-0.2, -0.15) is 0 Å². The maximum atomic E-state index is 13.3. The van der Waals surface area contributed by atoms with Gasteiger partial charge in [0.25, 0.3) is 0 Å². The quantitative estimate of drug-likeness (QED) is 0.377. The lowest BCUT2D eigenvalue weighted by atomic mass is 9.89. The lowest BCUT2D eigenvalue weighted by molar-refractivity contribution is -0.384. The number of imidazole rings is 1. The first-order chi connectivity index (χ1) is 14.9. The minimum atomic E-state index is -0.673. The molecular formula is C20H23FN6O4. The summed E-state index contributed by atoms with van der Waals surface area (Å²) in [5.74, 6) is -0.347. The number of halogens is 1. The van der Waals surface area contributed by atoms with Crippen molar-refractivity contribution in [2.45, 2.75) is 39.0 Å². The Morgan fingerprint density at radius 1 is 1.29 bits per heavy atom. The molecule has 164 valence electrons. The third-order valence-electron chi connectivity index (χ3n) is 4.92. The summed E-state index contributed by atoms with van der Waals surface area (Å²) in [6, 6.07) is 2.77. The Hall–Kier alpha value is -3.63. The van der Waals surface area contributed by atoms with Crippen LogP contribution in [0.15, 0.2) is 30.7 Å². The summed E-state index contributed by atoms with van der Waals surface area (Å²) in [7, 11) is 0. The molecule has 1 aliphatic rings. The maximum Gasteiger partial charge on any atom is 0.329 e. The predicted octanol–water partition coefficient (Wildman–Crippen LogP) is 3.55. The predicted molar refractivity (Wildman–Crippen MR) is 110 cm³/mol. The SMILES string of the molecule is CCOC(=O)C1CCCCC1.Nc1nc(-c2cnc3ccc(F)cn23)ncc1[N+](=O)[O-]. The lowest BCUT2D eigenvalue weighted by Crippen LogP contribution is -2.20. The second-order valence-electron chi connectivity index (χ2n) is 7.03. The van der Waals surface area contributed by atoms with E-state index in [1.54, 1.807) is 0 Å². The highest BCUT2D eigenvalue weighted by Gasteiger charge is 2.21. The van der Waals surface area contributed by atoms with E-state index in [4.69, 9.17) is 10.5 Å². The number of hydrogen-bond acceptors (Lipinski definition) is 8. The summed E-state index contributed by atoms with van der Waals surface area (Å²) < 4.78 is 19.6. The Morgan fingerprint density at radius 3 is 2.68 bits per heavy atom. The number of ether oxygens (including phenoxy) is 1. The summed E-state index contributed by atoms with van der Waals surface area (Å²) >= 11 is 0. The number of nitrogens with zero attached hydrogens (tertiary/aromatic N) is 5. The number of nitro groups is 1. The third-order valence-corrected chi connectivity index (χ3v) is 4.92. The molecule has 0 bridgehead atoms. The van der Waals surface area contributed by atoms with Gasteiger partial charge in [-0.3, -0.25) is 19.3 Å². The molecule has 1 aliphatic carbocycles. The van der Waals surface area contributed by atoms with E-state index in [2.05, 4.69) is 15.0 Å². The molecule has 4 rings (SSSR count). The Labute approximate surface area is 177 Å². The fraction of sp³-hybridized carbons (Fsp3) is 0.400. The minimum absolute atomic E-state index is 0.0206. The monoisotopic (exact) mass is 430 g/mol. The van der Waals surface area contributed by atoms with Crippen LogP contribution >= 0.6 is 0 Å². The van der Waals surface area contributed by atoms with Gasteiger partial charge in [-0.1, -0.05) is 19.3 Å². The highest BCUT2D eigenvalue weighted by Crippen LogP contribution is 2.25. The molecule has 10 nitrogen and oxygen atoms in total. The molecule has 0 amide bonds. The summed E-state index contributed by atoms with van der Waals surface area (Å²) in [6.45, 7) is 2.38. The number of aromatic nitrogens is 4. The van der Waals surface area contributed by atoms with Crippen LogP contribution in [0.5, 0.6) is 0 Å². The van der Waals surface area contributed by atoms with E-state index >= 15 is 0 Å². The van der Waals surface area contributed by atoms with Gasteiger partial charge in [0.1, 0.15) is 23.4 Å². The number of pyridine rings is 1. The van der Waals surface area contributed by atoms with Gasteiger partial charge in [-0.25, -0.2) is 19.3 Å². The van der Waals surface area contributed by atoms with E-state index < -0.39 is 10.7 Å². The Morgan fingerprint density at radius 2 is 2.03 bits per heavy atom. The maximum absolute atomic E-state index is 13.3. The second-order valence-corrected chi connectivity index (χ2v) is 7.03. The van der Waals surface area contributed by atoms with Crippen LogP contribution in [0.4, 0.5) is 15.9 Å². The molecule has 0 saturated heterocycles. The molecule has 0 radical (unpaired) electrons. The molecular weight excluding hydrogens is 407 g/mol. The molecule has 0 aliphatic heterocycles. The number of rotatable bonds is 4. The fourth-order valence-electron chi connectivity index (χ4n) is 3.37. The van der Waals surface area contributed by atoms with Crippen molar-refractivity contribution in [2.75, 3.05) is 12.3 Å². The van der Waals surface area contributed by atoms with Gasteiger partial charge in [0.05, 0.1) is 23.6 Å². The van der Waals surface area contributed by atoms with Crippen LogP contribution in [0, 0.1) is 21.8 Å². The average Bonchev–Trinajstić information content (AvgIpc) is 3.17. The number of carbonyl (C=O) groups excluding carboxylic acids is 1. The van der Waals surface area contributed by atoms with Crippen molar-refractivity contribution in [1.29, 1.82) is 0 Å². The van der Waals surface area contributed by atoms with E-state index in [9.17, 15) is 19.3 Å². The van der Waals surface area contributed by atoms with Gasteiger partial charge < -0.3 is 10.5 Å². The summed E-state index contributed by atoms with van der Waals surface area (Å²) in [6.07, 6.45) is 9.44. The van der Waals surface area contributed by atoms with Crippen molar-refractivity contribution in [2.24, 2.45) is 5.92 Å². The van der Waals surface area contributed by atoms with E-state index in [1.165, 1.54) is 48.2 Å². The standard InChI is InChI=1S/C11H7FN6O2.C9H16O2/c12-6-1-2-9-14-4-8(17(9)5-6)11-15-3-7(18(19)20)10(13)16-11;1-2-11-9(10)8-6-4-3-5-7-8/h1-5H,(H2,13,15,16);8H,2-7H2,1H3. The number of nitrogens with two attached hydrogens (primary N) is 1. The van der Waals surface area contributed by atoms with Crippen molar-refractivity contribution >= 4 is 23.1 Å². The van der Waals surface area contributed by atoms with E-state index in [-0.39, 0.29) is 29.2 Å². The zero-order chi connectivity index (χ0) is 22.4. The van der Waals surface area contributed by atoms with Crippen LogP contribution in [0.2, 0.25) is 0 Å². The highest BCUT2D eigenvalue weighted by molar-refractivity contribution is 5.72. The van der Waals surface area contributed by atoms with Crippen LogP contribution in [0.3, 0.4) is 0 Å². The van der Waals surface area contributed by atoms with Gasteiger partial charge in [-0.05, 0) is 31.9 Å². The van der Waals surface area contributed by atoms with E-state index in [0.29, 0.717) is 17.9 Å². The number of fused-ring (bicyclic) bond motifs is 1. The molecule has 0 unspecified atom stereocenters. The normalized spacial score (nSPS) is 14.0. The number of esters is 1. The Balaban J connectivity index is 0.000000210. The van der Waals surface area contributed by atoms with Crippen LogP contribution < -0.4 is 5.73 Å². The van der Waals surface area contributed by atoms with Gasteiger partial charge in [0.2, 0.25) is 5.82 Å². The molecule has 11 heteroatoms. The number of hydrogen-bond donors (Lipinski definition) is 1. The molecule has 31 heavy (non-hydrogen) atoms. The van der Waals surface area contributed by atoms with Crippen molar-refractivity contribution in [1.82, 2.24) is 19.4 Å². The van der Waals surface area contributed by atoms with Crippen molar-refractivity contribution < 1.29 is 18.8 Å². The molecule has 0 atom stereocenters. The zero-order valence-electron chi connectivity index (χ0n) is 17.0. The topological polar surface area (TPSA) is 139 Å². The highest BCUT2D eigenvalue weighted by atomic mass is 19.1. The fourth-order valence-corrected chi connectivity index (χ4v) is 3.37. The third kappa shape index (κ3) is 5.30. The Kier molecular flexibility index (Phi) is 7.06.